The van der Waals surface area contributed by atoms with E-state index in [1.807, 2.05) is 18.2 Å². The Labute approximate surface area is 204 Å². The third kappa shape index (κ3) is 5.49. The van der Waals surface area contributed by atoms with E-state index in [9.17, 15) is 16.9 Å². The van der Waals surface area contributed by atoms with Crippen molar-refractivity contribution in [2.75, 3.05) is 0 Å². The summed E-state index contributed by atoms with van der Waals surface area (Å²) in [5.74, 6) is 1.82. The Hall–Kier alpha value is -3.51. The van der Waals surface area contributed by atoms with E-state index >= 15 is 0 Å². The Kier molecular flexibility index (Phi) is 5.38. The van der Waals surface area contributed by atoms with Crippen molar-refractivity contribution in [2.45, 2.75) is 0 Å². The van der Waals surface area contributed by atoms with Crippen molar-refractivity contribution in [3.8, 4) is 5.75 Å². The molecular weight excluding hydrogens is 590 g/mol. The van der Waals surface area contributed by atoms with E-state index in [0.29, 0.717) is 0 Å². The maximum absolute atomic E-state index is 11.2. The van der Waals surface area contributed by atoms with E-state index in [4.69, 9.17) is 4.74 Å². The number of nitrogens with one attached hydrogen (secondary N) is 1. The van der Waals surface area contributed by atoms with E-state index in [1.54, 1.807) is 0 Å². The third-order valence-corrected chi connectivity index (χ3v) is 5.53. The number of halogens is 6. The number of aromatic amines is 1. The molecule has 1 aliphatic rings. The van der Waals surface area contributed by atoms with Crippen molar-refractivity contribution < 1.29 is 26.6 Å². The van der Waals surface area contributed by atoms with Gasteiger partial charge in [-0.2, -0.15) is 0 Å². The molecule has 0 amide bonds. The fraction of sp³-hybridized carbons (Fsp3) is 0. The Morgan fingerprint density at radius 2 is 1.08 bits per heavy atom. The number of para-hydroxylation sites is 1. The number of rotatable bonds is 2. The molecule has 2 nitrogen and oxygen atoms in total. The summed E-state index contributed by atoms with van der Waals surface area (Å²) in [4.78, 5) is 3.58. The molecular formula is C27H18F6NOSb. The Balaban J connectivity index is 0.000000338. The molecule has 5 aromatic rings. The molecule has 1 aromatic heterocycles. The molecule has 184 valence electrons. The second-order valence-electron chi connectivity index (χ2n) is 8.22. The minimum absolute atomic E-state index is 0.896. The first-order chi connectivity index (χ1) is 16.8. The molecule has 0 aliphatic carbocycles. The van der Waals surface area contributed by atoms with Crippen LogP contribution in [-0.4, -0.2) is 19.5 Å². The van der Waals surface area contributed by atoms with Crippen LogP contribution in [0.2, 0.25) is 0 Å². The standard InChI is InChI=1S/C27H17NO.6FH.Sb/c1-3-10-18(11-4-1)24-21-15-9-17-23-25(21)27(20-14-7-8-16-22(20)28-23)29-26(24)19-12-5-2-6-13-19;;;;;;;/h1-17H;6*1H;/q;;;;;;;+5/p-5. The van der Waals surface area contributed by atoms with Gasteiger partial charge in [0.2, 0.25) is 11.0 Å². The first-order valence-electron chi connectivity index (χ1n) is 10.8. The summed E-state index contributed by atoms with van der Waals surface area (Å²) in [5.41, 5.74) is 6.69. The molecule has 1 aliphatic heterocycles. The molecule has 0 radical (unpaired) electrons. The minimum Gasteiger partial charge on any atom is -0.454 e. The molecule has 0 fully saturated rings. The number of hydrogen-bond acceptors (Lipinski definition) is 1. The number of fused-ring (bicyclic) bond motifs is 2. The molecule has 0 bridgehead atoms. The normalized spacial score (nSPS) is 14.9. The van der Waals surface area contributed by atoms with E-state index in [-0.39, 0.29) is 0 Å². The van der Waals surface area contributed by atoms with Crippen LogP contribution < -0.4 is 9.72 Å². The third-order valence-electron chi connectivity index (χ3n) is 5.53. The smallest absolute Gasteiger partial charge is 0.215 e. The minimum atomic E-state index is -11.2. The molecule has 6 rings (SSSR count). The van der Waals surface area contributed by atoms with Gasteiger partial charge < -0.3 is 4.74 Å². The second kappa shape index (κ2) is 8.00. The molecule has 0 saturated heterocycles. The molecule has 0 atom stereocenters. The summed E-state index contributed by atoms with van der Waals surface area (Å²) in [6.07, 6.45) is 0. The topological polar surface area (TPSA) is 23.4 Å². The number of benzene rings is 4. The van der Waals surface area contributed by atoms with E-state index < -0.39 is 19.5 Å². The first-order valence-corrected chi connectivity index (χ1v) is 16.6. The maximum Gasteiger partial charge on any atom is 0.215 e. The average Bonchev–Trinajstić information content (AvgIpc) is 2.83. The first kappa shape index (κ1) is 24.2. The van der Waals surface area contributed by atoms with Gasteiger partial charge >= 0.3 is 36.4 Å². The summed E-state index contributed by atoms with van der Waals surface area (Å²) in [6.45, 7) is 0. The van der Waals surface area contributed by atoms with Gasteiger partial charge in [0.15, 0.2) is 5.75 Å². The number of H-pyrrole nitrogens is 1. The second-order valence-corrected chi connectivity index (χ2v) is 13.7. The fourth-order valence-corrected chi connectivity index (χ4v) is 4.24. The van der Waals surface area contributed by atoms with Crippen molar-refractivity contribution in [1.82, 2.24) is 0 Å². The number of pyridine rings is 1. The molecule has 2 heterocycles. The van der Waals surface area contributed by atoms with Crippen LogP contribution in [0.15, 0.2) is 103 Å². The molecule has 0 spiro atoms. The zero-order valence-electron chi connectivity index (χ0n) is 18.4. The van der Waals surface area contributed by atoms with Crippen LogP contribution in [0, 0.1) is 0 Å². The zero-order chi connectivity index (χ0) is 25.6. The van der Waals surface area contributed by atoms with Crippen molar-refractivity contribution in [3.63, 3.8) is 0 Å². The maximum atomic E-state index is 9.93. The molecule has 9 heteroatoms. The summed E-state index contributed by atoms with van der Waals surface area (Å²) in [6, 6.07) is 35.6. The van der Waals surface area contributed by atoms with Gasteiger partial charge in [-0.25, -0.2) is 4.98 Å². The van der Waals surface area contributed by atoms with Gasteiger partial charge in [0.1, 0.15) is 5.76 Å². The Morgan fingerprint density at radius 1 is 0.556 bits per heavy atom. The molecule has 0 unspecified atom stereocenters. The summed E-state index contributed by atoms with van der Waals surface area (Å²) in [5, 5.41) is 2.22. The largest absolute Gasteiger partial charge is 0.454 e. The van der Waals surface area contributed by atoms with Crippen molar-refractivity contribution in [1.29, 1.82) is 0 Å². The molecule has 1 N–H and O–H groups in total. The van der Waals surface area contributed by atoms with Gasteiger partial charge in [0.25, 0.3) is 0 Å². The number of ether oxygens (including phenoxy) is 1. The van der Waals surface area contributed by atoms with Crippen LogP contribution >= 0.6 is 0 Å². The van der Waals surface area contributed by atoms with Gasteiger partial charge in [0, 0.05) is 28.8 Å². The Morgan fingerprint density at radius 3 is 1.72 bits per heavy atom. The number of aromatic nitrogens is 1. The predicted molar refractivity (Wildman–Crippen MR) is 130 cm³/mol. The van der Waals surface area contributed by atoms with Crippen LogP contribution in [0.3, 0.4) is 0 Å². The van der Waals surface area contributed by atoms with Crippen LogP contribution in [0.25, 0.3) is 33.1 Å². The summed E-state index contributed by atoms with van der Waals surface area (Å²) < 4.78 is 66.3. The van der Waals surface area contributed by atoms with Gasteiger partial charge in [-0.3, -0.25) is 0 Å². The van der Waals surface area contributed by atoms with E-state index in [1.165, 1.54) is 5.56 Å². The average molecular weight is 608 g/mol. The van der Waals surface area contributed by atoms with Gasteiger partial charge in [-0.15, -0.1) is 0 Å². The predicted octanol–water partition coefficient (Wildman–Crippen LogP) is 8.26. The van der Waals surface area contributed by atoms with Crippen molar-refractivity contribution in [3.05, 3.63) is 120 Å². The van der Waals surface area contributed by atoms with Crippen LogP contribution in [0.5, 0.6) is 5.75 Å². The SMILES string of the molecule is [F][Sb-]([F])([F])([F])([F])[F].c1ccc(C2=C(c3ccccc3)c3cccc4[nH+]c5ccccc5c(c34)O2)cc1. The van der Waals surface area contributed by atoms with Crippen LogP contribution in [0.1, 0.15) is 16.7 Å². The van der Waals surface area contributed by atoms with Crippen molar-refractivity contribution >= 4 is 52.6 Å². The van der Waals surface area contributed by atoms with Gasteiger partial charge in [0.05, 0.1) is 10.8 Å². The van der Waals surface area contributed by atoms with E-state index in [2.05, 4.69) is 89.9 Å². The van der Waals surface area contributed by atoms with Gasteiger partial charge in [-0.05, 0) is 11.6 Å². The van der Waals surface area contributed by atoms with Gasteiger partial charge in [-0.1, -0.05) is 84.9 Å². The monoisotopic (exact) mass is 607 g/mol. The summed E-state index contributed by atoms with van der Waals surface area (Å²) >= 11 is -11.2. The van der Waals surface area contributed by atoms with Crippen LogP contribution in [0.4, 0.5) is 16.9 Å². The Bertz CT molecular complexity index is 1620. The van der Waals surface area contributed by atoms with Crippen LogP contribution in [-0.2, 0) is 0 Å². The quantitative estimate of drug-likeness (QED) is 0.113. The molecule has 4 aromatic carbocycles. The van der Waals surface area contributed by atoms with E-state index in [0.717, 1.165) is 50.0 Å². The molecule has 36 heavy (non-hydrogen) atoms. The number of hydrogen-bond donors (Lipinski definition) is 0. The summed E-state index contributed by atoms with van der Waals surface area (Å²) in [7, 11) is 0. The van der Waals surface area contributed by atoms with Crippen molar-refractivity contribution in [2.24, 2.45) is 0 Å². The zero-order valence-corrected chi connectivity index (χ0v) is 21.0. The fourth-order valence-electron chi connectivity index (χ4n) is 4.24. The molecule has 0 saturated carbocycles.